The van der Waals surface area contributed by atoms with E-state index in [1.807, 2.05) is 36.9 Å². The second-order valence-electron chi connectivity index (χ2n) is 7.72. The Balaban J connectivity index is 1.55. The van der Waals surface area contributed by atoms with E-state index in [0.717, 1.165) is 42.5 Å². The highest BCUT2D eigenvalue weighted by Gasteiger charge is 2.40. The smallest absolute Gasteiger partial charge is 0.312 e. The van der Waals surface area contributed by atoms with Crippen molar-refractivity contribution >= 4 is 23.5 Å². The molecule has 1 N–H and O–H groups in total. The molecule has 1 saturated heterocycles. The highest BCUT2D eigenvalue weighted by atomic mass is 16.5. The minimum atomic E-state index is -0.910. The molecule has 1 aromatic rings. The van der Waals surface area contributed by atoms with Gasteiger partial charge in [-0.2, -0.15) is 0 Å². The summed E-state index contributed by atoms with van der Waals surface area (Å²) < 4.78 is 5.38. The number of anilines is 1. The molecule has 1 aliphatic carbocycles. The van der Waals surface area contributed by atoms with E-state index in [2.05, 4.69) is 5.32 Å². The van der Waals surface area contributed by atoms with Crippen molar-refractivity contribution in [2.45, 2.75) is 65.0 Å². The molecule has 1 heterocycles. The summed E-state index contributed by atoms with van der Waals surface area (Å²) in [4.78, 5) is 39.0. The third-order valence-corrected chi connectivity index (χ3v) is 5.65. The van der Waals surface area contributed by atoms with Crippen molar-refractivity contribution < 1.29 is 19.1 Å². The monoisotopic (exact) mass is 372 g/mol. The number of likely N-dealkylation sites (tertiary alicyclic amines) is 1. The van der Waals surface area contributed by atoms with Crippen LogP contribution in [0.1, 0.15) is 50.2 Å². The first-order valence-electron chi connectivity index (χ1n) is 9.74. The fourth-order valence-corrected chi connectivity index (χ4v) is 4.02. The molecule has 1 aromatic carbocycles. The van der Waals surface area contributed by atoms with Gasteiger partial charge in [-0.15, -0.1) is 0 Å². The molecule has 1 aliphatic heterocycles. The van der Waals surface area contributed by atoms with Gasteiger partial charge < -0.3 is 15.0 Å². The van der Waals surface area contributed by atoms with Gasteiger partial charge in [0.2, 0.25) is 5.91 Å². The van der Waals surface area contributed by atoms with Gasteiger partial charge in [-0.1, -0.05) is 31.0 Å². The molecule has 3 rings (SSSR count). The molecule has 2 atom stereocenters. The normalized spacial score (nSPS) is 21.4. The number of carbonyl (C=O) groups excluding carboxylic acids is 3. The number of para-hydroxylation sites is 1. The fourth-order valence-electron chi connectivity index (χ4n) is 4.02. The zero-order valence-electron chi connectivity index (χ0n) is 16.3. The van der Waals surface area contributed by atoms with Crippen molar-refractivity contribution in [3.8, 4) is 0 Å². The lowest BCUT2D eigenvalue weighted by Gasteiger charge is -2.24. The number of aryl methyl sites for hydroxylation is 2. The summed E-state index contributed by atoms with van der Waals surface area (Å²) in [5, 5.41) is 2.84. The molecule has 1 saturated carbocycles. The quantitative estimate of drug-likeness (QED) is 0.807. The Morgan fingerprint density at radius 2 is 1.81 bits per heavy atom. The Bertz CT molecular complexity index is 719. The highest BCUT2D eigenvalue weighted by Crippen LogP contribution is 2.30. The number of nitrogens with zero attached hydrogens (tertiary/aromatic N) is 1. The van der Waals surface area contributed by atoms with Crippen LogP contribution in [-0.4, -0.2) is 41.4 Å². The predicted molar refractivity (Wildman–Crippen MR) is 102 cm³/mol. The Kier molecular flexibility index (Phi) is 5.82. The summed E-state index contributed by atoms with van der Waals surface area (Å²) in [5.74, 6) is -1.28. The SMILES string of the molecule is Cc1cccc(C)c1NC(=O)[C@H](C)OC(=O)[C@@H]1CC(=O)N(C2CCCC2)C1. The molecule has 2 fully saturated rings. The topological polar surface area (TPSA) is 75.7 Å². The molecule has 6 heteroatoms. The van der Waals surface area contributed by atoms with Gasteiger partial charge >= 0.3 is 5.97 Å². The second-order valence-corrected chi connectivity index (χ2v) is 7.72. The van der Waals surface area contributed by atoms with Gasteiger partial charge in [0.15, 0.2) is 6.10 Å². The Hall–Kier alpha value is -2.37. The summed E-state index contributed by atoms with van der Waals surface area (Å²) in [6.45, 7) is 5.81. The van der Waals surface area contributed by atoms with E-state index in [1.165, 1.54) is 0 Å². The molecule has 0 bridgehead atoms. The molecule has 2 amide bonds. The third-order valence-electron chi connectivity index (χ3n) is 5.65. The minimum absolute atomic E-state index is 0.0245. The van der Waals surface area contributed by atoms with Crippen molar-refractivity contribution in [1.82, 2.24) is 4.90 Å². The number of benzene rings is 1. The summed E-state index contributed by atoms with van der Waals surface area (Å²) in [7, 11) is 0. The standard InChI is InChI=1S/C21H28N2O4/c1-13-7-6-8-14(2)19(13)22-20(25)15(3)27-21(26)16-11-18(24)23(12-16)17-9-4-5-10-17/h6-8,15-17H,4-5,9-12H2,1-3H3,(H,22,25)/t15-,16+/m0/s1. The van der Waals surface area contributed by atoms with Gasteiger partial charge in [-0.05, 0) is 44.7 Å². The first-order chi connectivity index (χ1) is 12.9. The molecule has 6 nitrogen and oxygen atoms in total. The van der Waals surface area contributed by atoms with E-state index in [0.29, 0.717) is 6.54 Å². The number of rotatable bonds is 5. The predicted octanol–water partition coefficient (Wildman–Crippen LogP) is 2.96. The lowest BCUT2D eigenvalue weighted by atomic mass is 10.1. The van der Waals surface area contributed by atoms with Gasteiger partial charge in [0.25, 0.3) is 5.91 Å². The number of amides is 2. The van der Waals surface area contributed by atoms with Crippen molar-refractivity contribution in [3.63, 3.8) is 0 Å². The number of hydrogen-bond acceptors (Lipinski definition) is 4. The molecule has 146 valence electrons. The van der Waals surface area contributed by atoms with Crippen LogP contribution in [0.3, 0.4) is 0 Å². The van der Waals surface area contributed by atoms with E-state index in [9.17, 15) is 14.4 Å². The Morgan fingerprint density at radius 1 is 1.19 bits per heavy atom. The van der Waals surface area contributed by atoms with Crippen molar-refractivity contribution in [1.29, 1.82) is 0 Å². The molecule has 0 spiro atoms. The number of ether oxygens (including phenoxy) is 1. The van der Waals surface area contributed by atoms with Crippen LogP contribution >= 0.6 is 0 Å². The molecule has 2 aliphatic rings. The first-order valence-corrected chi connectivity index (χ1v) is 9.74. The number of hydrogen-bond donors (Lipinski definition) is 1. The van der Waals surface area contributed by atoms with E-state index >= 15 is 0 Å². The van der Waals surface area contributed by atoms with E-state index in [-0.39, 0.29) is 24.3 Å². The average molecular weight is 372 g/mol. The van der Waals surface area contributed by atoms with E-state index < -0.39 is 18.0 Å². The maximum absolute atomic E-state index is 12.5. The molecule has 0 aromatic heterocycles. The highest BCUT2D eigenvalue weighted by molar-refractivity contribution is 5.97. The van der Waals surface area contributed by atoms with Crippen LogP contribution in [0.4, 0.5) is 5.69 Å². The summed E-state index contributed by atoms with van der Waals surface area (Å²) in [6, 6.07) is 6.03. The van der Waals surface area contributed by atoms with Gasteiger partial charge in [-0.25, -0.2) is 0 Å². The molecule has 27 heavy (non-hydrogen) atoms. The summed E-state index contributed by atoms with van der Waals surface area (Å²) >= 11 is 0. The van der Waals surface area contributed by atoms with Gasteiger partial charge in [0.05, 0.1) is 5.92 Å². The molecule has 0 radical (unpaired) electrons. The maximum atomic E-state index is 12.5. The second kappa shape index (κ2) is 8.11. The molecule has 0 unspecified atom stereocenters. The number of esters is 1. The lowest BCUT2D eigenvalue weighted by Crippen LogP contribution is -2.36. The van der Waals surface area contributed by atoms with Gasteiger partial charge in [0.1, 0.15) is 0 Å². The Morgan fingerprint density at radius 3 is 2.44 bits per heavy atom. The van der Waals surface area contributed by atoms with Crippen LogP contribution in [0.25, 0.3) is 0 Å². The van der Waals surface area contributed by atoms with E-state index in [4.69, 9.17) is 4.74 Å². The third kappa shape index (κ3) is 4.31. The minimum Gasteiger partial charge on any atom is -0.452 e. The van der Waals surface area contributed by atoms with Crippen LogP contribution in [0.5, 0.6) is 0 Å². The first kappa shape index (κ1) is 19.4. The molecular formula is C21H28N2O4. The number of carbonyl (C=O) groups is 3. The Labute approximate surface area is 160 Å². The largest absolute Gasteiger partial charge is 0.452 e. The van der Waals surface area contributed by atoms with Gasteiger partial charge in [-0.3, -0.25) is 14.4 Å². The van der Waals surface area contributed by atoms with Gasteiger partial charge in [0, 0.05) is 24.7 Å². The van der Waals surface area contributed by atoms with Crippen LogP contribution in [-0.2, 0) is 19.1 Å². The zero-order valence-corrected chi connectivity index (χ0v) is 16.3. The fraction of sp³-hybridized carbons (Fsp3) is 0.571. The average Bonchev–Trinajstić information content (AvgIpc) is 3.27. The zero-order chi connectivity index (χ0) is 19.6. The van der Waals surface area contributed by atoms with E-state index in [1.54, 1.807) is 6.92 Å². The van der Waals surface area contributed by atoms with Crippen LogP contribution in [0.2, 0.25) is 0 Å². The van der Waals surface area contributed by atoms with Crippen LogP contribution < -0.4 is 5.32 Å². The maximum Gasteiger partial charge on any atom is 0.312 e. The number of nitrogens with one attached hydrogen (secondary N) is 1. The van der Waals surface area contributed by atoms with Crippen molar-refractivity contribution in [2.75, 3.05) is 11.9 Å². The molecular weight excluding hydrogens is 344 g/mol. The van der Waals surface area contributed by atoms with Crippen molar-refractivity contribution in [2.24, 2.45) is 5.92 Å². The summed E-state index contributed by atoms with van der Waals surface area (Å²) in [6.07, 6.45) is 3.58. The van der Waals surface area contributed by atoms with Crippen LogP contribution in [0.15, 0.2) is 18.2 Å². The van der Waals surface area contributed by atoms with Crippen molar-refractivity contribution in [3.05, 3.63) is 29.3 Å². The van der Waals surface area contributed by atoms with Crippen LogP contribution in [0, 0.1) is 19.8 Å². The summed E-state index contributed by atoms with van der Waals surface area (Å²) in [5.41, 5.74) is 2.65. The lowest BCUT2D eigenvalue weighted by molar-refractivity contribution is -0.157.